The van der Waals surface area contributed by atoms with E-state index in [1.807, 2.05) is 25.1 Å². The Labute approximate surface area is 138 Å². The van der Waals surface area contributed by atoms with Crippen LogP contribution in [0.1, 0.15) is 44.2 Å². The van der Waals surface area contributed by atoms with E-state index < -0.39 is 15.9 Å². The van der Waals surface area contributed by atoms with Crippen LogP contribution in [-0.2, 0) is 14.6 Å². The molecular formula is C17H25NO4S. The van der Waals surface area contributed by atoms with Gasteiger partial charge in [0.15, 0.2) is 15.9 Å². The van der Waals surface area contributed by atoms with Gasteiger partial charge in [-0.3, -0.25) is 4.79 Å². The van der Waals surface area contributed by atoms with Crippen LogP contribution in [0.5, 0.6) is 5.75 Å². The second-order valence-electron chi connectivity index (χ2n) is 6.54. The first-order valence-electron chi connectivity index (χ1n) is 7.96. The average Bonchev–Trinajstić information content (AvgIpc) is 2.77. The van der Waals surface area contributed by atoms with Gasteiger partial charge < -0.3 is 10.1 Å². The molecule has 1 aliphatic rings. The number of hydrogen-bond acceptors (Lipinski definition) is 4. The molecule has 1 amide bonds. The lowest BCUT2D eigenvalue weighted by Crippen LogP contribution is -2.43. The normalized spacial score (nSPS) is 21.2. The lowest BCUT2D eigenvalue weighted by molar-refractivity contribution is -0.127. The maximum absolute atomic E-state index is 12.1. The van der Waals surface area contributed by atoms with E-state index in [9.17, 15) is 13.2 Å². The monoisotopic (exact) mass is 339 g/mol. The number of aryl methyl sites for hydroxylation is 1. The second kappa shape index (κ2) is 6.91. The molecule has 23 heavy (non-hydrogen) atoms. The van der Waals surface area contributed by atoms with E-state index in [2.05, 4.69) is 19.2 Å². The number of hydrogen-bond donors (Lipinski definition) is 1. The summed E-state index contributed by atoms with van der Waals surface area (Å²) in [6.45, 7) is 7.96. The zero-order valence-electron chi connectivity index (χ0n) is 14.1. The SMILES string of the molecule is Cc1cc(OC(C)C(=O)NC2CCS(=O)(=O)C2)ccc1C(C)C. The van der Waals surface area contributed by atoms with Crippen molar-refractivity contribution in [2.45, 2.75) is 52.2 Å². The van der Waals surface area contributed by atoms with Gasteiger partial charge in [0.25, 0.3) is 5.91 Å². The molecule has 2 rings (SSSR count). The van der Waals surface area contributed by atoms with Crippen LogP contribution in [0.25, 0.3) is 0 Å². The highest BCUT2D eigenvalue weighted by molar-refractivity contribution is 7.91. The zero-order chi connectivity index (χ0) is 17.2. The molecule has 0 aromatic heterocycles. The molecule has 1 aromatic rings. The molecule has 128 valence electrons. The Morgan fingerprint density at radius 3 is 2.52 bits per heavy atom. The van der Waals surface area contributed by atoms with Gasteiger partial charge in [-0.05, 0) is 49.4 Å². The van der Waals surface area contributed by atoms with Gasteiger partial charge >= 0.3 is 0 Å². The molecule has 0 saturated carbocycles. The Morgan fingerprint density at radius 2 is 2.00 bits per heavy atom. The van der Waals surface area contributed by atoms with Gasteiger partial charge in [0, 0.05) is 6.04 Å². The fourth-order valence-corrected chi connectivity index (χ4v) is 4.53. The van der Waals surface area contributed by atoms with Gasteiger partial charge in [-0.25, -0.2) is 8.42 Å². The molecule has 5 nitrogen and oxygen atoms in total. The number of carbonyl (C=O) groups is 1. The lowest BCUT2D eigenvalue weighted by atomic mass is 9.98. The quantitative estimate of drug-likeness (QED) is 0.892. The van der Waals surface area contributed by atoms with E-state index in [0.29, 0.717) is 18.1 Å². The highest BCUT2D eigenvalue weighted by Crippen LogP contribution is 2.24. The van der Waals surface area contributed by atoms with Crippen LogP contribution >= 0.6 is 0 Å². The van der Waals surface area contributed by atoms with Crippen LogP contribution in [0.2, 0.25) is 0 Å². The summed E-state index contributed by atoms with van der Waals surface area (Å²) >= 11 is 0. The summed E-state index contributed by atoms with van der Waals surface area (Å²) in [5, 5.41) is 2.76. The van der Waals surface area contributed by atoms with Crippen LogP contribution in [-0.4, -0.2) is 38.0 Å². The minimum atomic E-state index is -3.00. The van der Waals surface area contributed by atoms with Crippen molar-refractivity contribution in [1.29, 1.82) is 0 Å². The van der Waals surface area contributed by atoms with Crippen LogP contribution in [0.4, 0.5) is 0 Å². The number of benzene rings is 1. The van der Waals surface area contributed by atoms with E-state index in [-0.39, 0.29) is 23.5 Å². The first-order chi connectivity index (χ1) is 10.7. The summed E-state index contributed by atoms with van der Waals surface area (Å²) in [6, 6.07) is 5.51. The molecule has 6 heteroatoms. The predicted octanol–water partition coefficient (Wildman–Crippen LogP) is 2.19. The number of sulfone groups is 1. The maximum atomic E-state index is 12.1. The first-order valence-corrected chi connectivity index (χ1v) is 9.78. The van der Waals surface area contributed by atoms with Gasteiger partial charge in [-0.15, -0.1) is 0 Å². The zero-order valence-corrected chi connectivity index (χ0v) is 14.9. The molecule has 0 radical (unpaired) electrons. The van der Waals surface area contributed by atoms with Crippen molar-refractivity contribution >= 4 is 15.7 Å². The summed E-state index contributed by atoms with van der Waals surface area (Å²) in [4.78, 5) is 12.1. The van der Waals surface area contributed by atoms with Crippen molar-refractivity contribution in [1.82, 2.24) is 5.32 Å². The molecule has 0 aliphatic carbocycles. The fraction of sp³-hybridized carbons (Fsp3) is 0.588. The van der Waals surface area contributed by atoms with E-state index in [1.54, 1.807) is 6.92 Å². The second-order valence-corrected chi connectivity index (χ2v) is 8.77. The van der Waals surface area contributed by atoms with Crippen molar-refractivity contribution in [2.24, 2.45) is 0 Å². The van der Waals surface area contributed by atoms with Gasteiger partial charge in [-0.1, -0.05) is 19.9 Å². The molecule has 0 bridgehead atoms. The Hall–Kier alpha value is -1.56. The first kappa shape index (κ1) is 17.8. The predicted molar refractivity (Wildman–Crippen MR) is 90.6 cm³/mol. The largest absolute Gasteiger partial charge is 0.481 e. The van der Waals surface area contributed by atoms with E-state index in [0.717, 1.165) is 5.56 Å². The summed E-state index contributed by atoms with van der Waals surface area (Å²) < 4.78 is 28.5. The number of amides is 1. The molecule has 1 aromatic carbocycles. The maximum Gasteiger partial charge on any atom is 0.261 e. The smallest absolute Gasteiger partial charge is 0.261 e. The van der Waals surface area contributed by atoms with Crippen LogP contribution in [0.3, 0.4) is 0 Å². The highest BCUT2D eigenvalue weighted by Gasteiger charge is 2.30. The lowest BCUT2D eigenvalue weighted by Gasteiger charge is -2.18. The summed E-state index contributed by atoms with van der Waals surface area (Å²) in [5.41, 5.74) is 2.39. The van der Waals surface area contributed by atoms with Crippen molar-refractivity contribution < 1.29 is 17.9 Å². The number of rotatable bonds is 5. The number of ether oxygens (including phenoxy) is 1. The van der Waals surface area contributed by atoms with Gasteiger partial charge in [0.1, 0.15) is 5.75 Å². The van der Waals surface area contributed by atoms with Gasteiger partial charge in [0.05, 0.1) is 11.5 Å². The summed E-state index contributed by atoms with van der Waals surface area (Å²) in [7, 11) is -3.00. The minimum absolute atomic E-state index is 0.0215. The standard InChI is InChI=1S/C17H25NO4S/c1-11(2)16-6-5-15(9-12(16)3)22-13(4)17(19)18-14-7-8-23(20,21)10-14/h5-6,9,11,13-14H,7-8,10H2,1-4H3,(H,18,19). The van der Waals surface area contributed by atoms with Crippen molar-refractivity contribution in [2.75, 3.05) is 11.5 Å². The average molecular weight is 339 g/mol. The fourth-order valence-electron chi connectivity index (χ4n) is 2.85. The van der Waals surface area contributed by atoms with Crippen molar-refractivity contribution in [3.63, 3.8) is 0 Å². The third kappa shape index (κ3) is 4.70. The molecular weight excluding hydrogens is 314 g/mol. The van der Waals surface area contributed by atoms with Crippen molar-refractivity contribution in [3.05, 3.63) is 29.3 Å². The molecule has 2 unspecified atom stereocenters. The van der Waals surface area contributed by atoms with Crippen LogP contribution in [0.15, 0.2) is 18.2 Å². The molecule has 1 N–H and O–H groups in total. The molecule has 1 saturated heterocycles. The Kier molecular flexibility index (Phi) is 5.34. The molecule has 1 aliphatic heterocycles. The van der Waals surface area contributed by atoms with E-state index in [1.165, 1.54) is 5.56 Å². The number of nitrogens with one attached hydrogen (secondary N) is 1. The minimum Gasteiger partial charge on any atom is -0.481 e. The third-order valence-electron chi connectivity index (χ3n) is 4.12. The Bertz CT molecular complexity index is 682. The van der Waals surface area contributed by atoms with Gasteiger partial charge in [0.2, 0.25) is 0 Å². The highest BCUT2D eigenvalue weighted by atomic mass is 32.2. The topological polar surface area (TPSA) is 72.5 Å². The number of carbonyl (C=O) groups excluding carboxylic acids is 1. The Balaban J connectivity index is 1.95. The summed E-state index contributed by atoms with van der Waals surface area (Å²) in [5.74, 6) is 0.969. The molecule has 1 fully saturated rings. The third-order valence-corrected chi connectivity index (χ3v) is 5.89. The van der Waals surface area contributed by atoms with Crippen molar-refractivity contribution in [3.8, 4) is 5.75 Å². The Morgan fingerprint density at radius 1 is 1.30 bits per heavy atom. The van der Waals surface area contributed by atoms with Crippen LogP contribution < -0.4 is 10.1 Å². The van der Waals surface area contributed by atoms with E-state index in [4.69, 9.17) is 4.74 Å². The molecule has 0 spiro atoms. The summed E-state index contributed by atoms with van der Waals surface area (Å²) in [6.07, 6.45) is -0.189. The molecule has 1 heterocycles. The van der Waals surface area contributed by atoms with Crippen LogP contribution in [0, 0.1) is 6.92 Å². The van der Waals surface area contributed by atoms with E-state index >= 15 is 0 Å². The molecule has 2 atom stereocenters. The van der Waals surface area contributed by atoms with Gasteiger partial charge in [-0.2, -0.15) is 0 Å².